The Balaban J connectivity index is 1.67. The van der Waals surface area contributed by atoms with Gasteiger partial charge in [0.15, 0.2) is 0 Å². The van der Waals surface area contributed by atoms with Crippen molar-refractivity contribution in [2.45, 2.75) is 69.1 Å². The first-order valence-electron chi connectivity index (χ1n) is 9.13. The third-order valence-electron chi connectivity index (χ3n) is 6.23. The van der Waals surface area contributed by atoms with Gasteiger partial charge in [-0.05, 0) is 64.5 Å². The minimum atomic E-state index is -0.951. The molecule has 3 atom stereocenters. The predicted octanol–water partition coefficient (Wildman–Crippen LogP) is 0.284. The summed E-state index contributed by atoms with van der Waals surface area (Å²) in [5.74, 6) is -0.324. The van der Waals surface area contributed by atoms with Crippen molar-refractivity contribution in [1.29, 1.82) is 0 Å². The van der Waals surface area contributed by atoms with Crippen LogP contribution in [0.4, 0.5) is 0 Å². The van der Waals surface area contributed by atoms with Crippen LogP contribution in [0.3, 0.4) is 0 Å². The zero-order valence-corrected chi connectivity index (χ0v) is 14.0. The highest BCUT2D eigenvalue weighted by Gasteiger charge is 2.58. The molecule has 1 amide bonds. The van der Waals surface area contributed by atoms with Crippen molar-refractivity contribution in [2.75, 3.05) is 26.3 Å². The van der Waals surface area contributed by atoms with Gasteiger partial charge in [-0.25, -0.2) is 0 Å². The standard InChI is InChI=1S/C17H31N3O3/c18-15(21)16(17(22)6-8-19-9-7-17)5-3-14(12-16)20-13-2-1-10-23-11-4-13/h13-14,19-20,22H,1-12H2,(H2,18,21). The first-order valence-corrected chi connectivity index (χ1v) is 9.13. The summed E-state index contributed by atoms with van der Waals surface area (Å²) in [4.78, 5) is 12.3. The van der Waals surface area contributed by atoms with Gasteiger partial charge in [-0.1, -0.05) is 0 Å². The van der Waals surface area contributed by atoms with E-state index in [0.717, 1.165) is 52.0 Å². The van der Waals surface area contributed by atoms with Crippen LogP contribution in [0.15, 0.2) is 0 Å². The molecule has 2 aliphatic heterocycles. The number of amides is 1. The second-order valence-electron chi connectivity index (χ2n) is 7.57. The highest BCUT2D eigenvalue weighted by molar-refractivity contribution is 5.83. The second-order valence-corrected chi connectivity index (χ2v) is 7.57. The molecular formula is C17H31N3O3. The summed E-state index contributed by atoms with van der Waals surface area (Å²) in [7, 11) is 0. The number of carbonyl (C=O) groups is 1. The van der Waals surface area contributed by atoms with Gasteiger partial charge < -0.3 is 26.2 Å². The molecule has 1 saturated carbocycles. The topological polar surface area (TPSA) is 96.6 Å². The molecule has 0 bridgehead atoms. The average Bonchev–Trinajstić information content (AvgIpc) is 2.81. The van der Waals surface area contributed by atoms with E-state index >= 15 is 0 Å². The van der Waals surface area contributed by atoms with E-state index in [1.807, 2.05) is 0 Å². The van der Waals surface area contributed by atoms with Crippen LogP contribution >= 0.6 is 0 Å². The maximum absolute atomic E-state index is 12.3. The van der Waals surface area contributed by atoms with Crippen molar-refractivity contribution in [1.82, 2.24) is 10.6 Å². The van der Waals surface area contributed by atoms with Gasteiger partial charge in [0, 0.05) is 25.3 Å². The average molecular weight is 325 g/mol. The van der Waals surface area contributed by atoms with E-state index < -0.39 is 11.0 Å². The molecule has 6 nitrogen and oxygen atoms in total. The molecule has 3 fully saturated rings. The third-order valence-corrected chi connectivity index (χ3v) is 6.23. The number of hydrogen-bond acceptors (Lipinski definition) is 5. The number of primary amides is 1. The Morgan fingerprint density at radius 1 is 1.13 bits per heavy atom. The highest BCUT2D eigenvalue weighted by atomic mass is 16.5. The van der Waals surface area contributed by atoms with Crippen LogP contribution in [0.1, 0.15) is 51.4 Å². The van der Waals surface area contributed by atoms with Crippen molar-refractivity contribution >= 4 is 5.91 Å². The number of ether oxygens (including phenoxy) is 1. The molecular weight excluding hydrogens is 294 g/mol. The van der Waals surface area contributed by atoms with E-state index in [9.17, 15) is 9.90 Å². The molecule has 0 aromatic carbocycles. The summed E-state index contributed by atoms with van der Waals surface area (Å²) < 4.78 is 5.52. The first kappa shape index (κ1) is 17.1. The number of rotatable bonds is 4. The summed E-state index contributed by atoms with van der Waals surface area (Å²) in [5, 5.41) is 18.1. The molecule has 0 aromatic heterocycles. The molecule has 0 radical (unpaired) electrons. The number of nitrogens with two attached hydrogens (primary N) is 1. The molecule has 2 heterocycles. The number of aliphatic hydroxyl groups is 1. The van der Waals surface area contributed by atoms with Gasteiger partial charge >= 0.3 is 0 Å². The van der Waals surface area contributed by atoms with Crippen LogP contribution in [0.5, 0.6) is 0 Å². The summed E-state index contributed by atoms with van der Waals surface area (Å²) in [6, 6.07) is 0.721. The molecule has 0 spiro atoms. The van der Waals surface area contributed by atoms with Gasteiger partial charge in [0.25, 0.3) is 0 Å². The minimum Gasteiger partial charge on any atom is -0.389 e. The van der Waals surface area contributed by atoms with Crippen molar-refractivity contribution in [3.8, 4) is 0 Å². The fourth-order valence-corrected chi connectivity index (χ4v) is 4.79. The van der Waals surface area contributed by atoms with Gasteiger partial charge in [0.05, 0.1) is 11.0 Å². The van der Waals surface area contributed by atoms with Crippen molar-refractivity contribution < 1.29 is 14.6 Å². The molecule has 1 aliphatic carbocycles. The Kier molecular flexibility index (Phi) is 5.26. The Labute approximate surface area is 138 Å². The molecule has 0 aromatic rings. The number of piperidine rings is 1. The molecule has 5 N–H and O–H groups in total. The summed E-state index contributed by atoms with van der Waals surface area (Å²) in [6.45, 7) is 3.16. The monoisotopic (exact) mass is 325 g/mol. The fourth-order valence-electron chi connectivity index (χ4n) is 4.79. The molecule has 132 valence electrons. The van der Waals surface area contributed by atoms with Crippen LogP contribution in [-0.2, 0) is 9.53 Å². The van der Waals surface area contributed by atoms with E-state index in [-0.39, 0.29) is 11.9 Å². The molecule has 3 unspecified atom stereocenters. The maximum Gasteiger partial charge on any atom is 0.226 e. The van der Waals surface area contributed by atoms with Crippen LogP contribution in [0.2, 0.25) is 0 Å². The zero-order valence-electron chi connectivity index (χ0n) is 14.0. The first-order chi connectivity index (χ1) is 11.1. The van der Waals surface area contributed by atoms with Gasteiger partial charge in [-0.2, -0.15) is 0 Å². The molecule has 3 aliphatic rings. The lowest BCUT2D eigenvalue weighted by atomic mass is 9.65. The van der Waals surface area contributed by atoms with Crippen LogP contribution < -0.4 is 16.4 Å². The molecule has 3 rings (SSSR count). The van der Waals surface area contributed by atoms with E-state index in [4.69, 9.17) is 10.5 Å². The summed E-state index contributed by atoms with van der Waals surface area (Å²) in [5.41, 5.74) is 4.08. The molecule has 23 heavy (non-hydrogen) atoms. The van der Waals surface area contributed by atoms with Crippen LogP contribution in [0.25, 0.3) is 0 Å². The van der Waals surface area contributed by atoms with Crippen molar-refractivity contribution in [2.24, 2.45) is 11.1 Å². The SMILES string of the molecule is NC(=O)C1(C2(O)CCNCC2)CCC(NC2CCCOCC2)C1. The smallest absolute Gasteiger partial charge is 0.226 e. The Hall–Kier alpha value is -0.690. The Morgan fingerprint density at radius 3 is 2.65 bits per heavy atom. The van der Waals surface area contributed by atoms with E-state index in [2.05, 4.69) is 10.6 Å². The quantitative estimate of drug-likeness (QED) is 0.595. The number of hydrogen-bond donors (Lipinski definition) is 4. The number of nitrogens with one attached hydrogen (secondary N) is 2. The van der Waals surface area contributed by atoms with Crippen molar-refractivity contribution in [3.63, 3.8) is 0 Å². The lowest BCUT2D eigenvalue weighted by Gasteiger charge is -2.45. The fraction of sp³-hybridized carbons (Fsp3) is 0.941. The van der Waals surface area contributed by atoms with Gasteiger partial charge in [-0.3, -0.25) is 4.79 Å². The molecule has 2 saturated heterocycles. The van der Waals surface area contributed by atoms with E-state index in [0.29, 0.717) is 31.7 Å². The predicted molar refractivity (Wildman–Crippen MR) is 87.9 cm³/mol. The minimum absolute atomic E-state index is 0.268. The summed E-state index contributed by atoms with van der Waals surface area (Å²) >= 11 is 0. The lowest BCUT2D eigenvalue weighted by molar-refractivity contribution is -0.152. The van der Waals surface area contributed by atoms with E-state index in [1.165, 1.54) is 0 Å². The van der Waals surface area contributed by atoms with Crippen LogP contribution in [-0.4, -0.2) is 55.0 Å². The normalized spacial score (nSPS) is 38.1. The Bertz CT molecular complexity index is 417. The van der Waals surface area contributed by atoms with Gasteiger partial charge in [0.2, 0.25) is 5.91 Å². The summed E-state index contributed by atoms with van der Waals surface area (Å²) in [6.07, 6.45) is 6.72. The van der Waals surface area contributed by atoms with Crippen molar-refractivity contribution in [3.05, 3.63) is 0 Å². The number of carbonyl (C=O) groups excluding carboxylic acids is 1. The lowest BCUT2D eigenvalue weighted by Crippen LogP contribution is -2.59. The highest BCUT2D eigenvalue weighted by Crippen LogP contribution is 2.50. The van der Waals surface area contributed by atoms with Gasteiger partial charge in [0.1, 0.15) is 0 Å². The maximum atomic E-state index is 12.3. The largest absolute Gasteiger partial charge is 0.389 e. The molecule has 6 heteroatoms. The van der Waals surface area contributed by atoms with E-state index in [1.54, 1.807) is 0 Å². The van der Waals surface area contributed by atoms with Gasteiger partial charge in [-0.15, -0.1) is 0 Å². The Morgan fingerprint density at radius 2 is 1.91 bits per heavy atom. The zero-order chi connectivity index (χ0) is 16.3. The second kappa shape index (κ2) is 7.05. The third kappa shape index (κ3) is 3.40. The van der Waals surface area contributed by atoms with Crippen LogP contribution in [0, 0.1) is 5.41 Å².